The standard InChI is InChI=1S/C20H27N3O2S/c1-2-25-19-8-4-3-7-18(19)23-13-11-22(12-14-23)16-20(24)21-10-9-17-6-5-15-26-17/h3-8,15H,2,9-14,16H2,1H3,(H,21,24). The lowest BCUT2D eigenvalue weighted by atomic mass is 10.2. The molecule has 1 aliphatic rings. The fraction of sp³-hybridized carbons (Fsp3) is 0.450. The fourth-order valence-corrected chi connectivity index (χ4v) is 3.89. The Hall–Kier alpha value is -2.05. The molecule has 0 aliphatic carbocycles. The van der Waals surface area contributed by atoms with Gasteiger partial charge in [0.15, 0.2) is 0 Å². The van der Waals surface area contributed by atoms with Crippen LogP contribution in [0.25, 0.3) is 0 Å². The van der Waals surface area contributed by atoms with Gasteiger partial charge in [-0.25, -0.2) is 0 Å². The van der Waals surface area contributed by atoms with Crippen molar-refractivity contribution in [2.24, 2.45) is 0 Å². The van der Waals surface area contributed by atoms with Crippen LogP contribution in [0.2, 0.25) is 0 Å². The summed E-state index contributed by atoms with van der Waals surface area (Å²) >= 11 is 1.74. The zero-order valence-electron chi connectivity index (χ0n) is 15.3. The van der Waals surface area contributed by atoms with Crippen molar-refractivity contribution in [1.29, 1.82) is 0 Å². The van der Waals surface area contributed by atoms with Crippen molar-refractivity contribution < 1.29 is 9.53 Å². The summed E-state index contributed by atoms with van der Waals surface area (Å²) in [6.45, 7) is 7.46. The largest absolute Gasteiger partial charge is 0.492 e. The van der Waals surface area contributed by atoms with Crippen molar-refractivity contribution in [2.45, 2.75) is 13.3 Å². The number of ether oxygens (including phenoxy) is 1. The van der Waals surface area contributed by atoms with Gasteiger partial charge in [-0.05, 0) is 36.9 Å². The van der Waals surface area contributed by atoms with Crippen molar-refractivity contribution in [2.75, 3.05) is 50.8 Å². The Bertz CT molecular complexity index is 682. The molecule has 0 unspecified atom stereocenters. The van der Waals surface area contributed by atoms with E-state index in [1.54, 1.807) is 11.3 Å². The molecule has 0 atom stereocenters. The van der Waals surface area contributed by atoms with Gasteiger partial charge in [-0.3, -0.25) is 9.69 Å². The van der Waals surface area contributed by atoms with Crippen LogP contribution in [0.3, 0.4) is 0 Å². The van der Waals surface area contributed by atoms with Crippen molar-refractivity contribution in [1.82, 2.24) is 10.2 Å². The Labute approximate surface area is 159 Å². The number of carbonyl (C=O) groups is 1. The summed E-state index contributed by atoms with van der Waals surface area (Å²) in [7, 11) is 0. The molecule has 1 N–H and O–H groups in total. The van der Waals surface area contributed by atoms with E-state index >= 15 is 0 Å². The molecule has 1 saturated heterocycles. The van der Waals surface area contributed by atoms with Gasteiger partial charge in [0.1, 0.15) is 5.75 Å². The Kier molecular flexibility index (Phi) is 6.91. The van der Waals surface area contributed by atoms with Crippen LogP contribution < -0.4 is 15.0 Å². The highest BCUT2D eigenvalue weighted by molar-refractivity contribution is 7.09. The number of anilines is 1. The first-order chi connectivity index (χ1) is 12.8. The number of benzene rings is 1. The number of amides is 1. The Balaban J connectivity index is 1.41. The number of carbonyl (C=O) groups excluding carboxylic acids is 1. The van der Waals surface area contributed by atoms with Gasteiger partial charge in [0.05, 0.1) is 18.8 Å². The minimum Gasteiger partial charge on any atom is -0.492 e. The van der Waals surface area contributed by atoms with E-state index in [1.165, 1.54) is 4.88 Å². The van der Waals surface area contributed by atoms with E-state index < -0.39 is 0 Å². The van der Waals surface area contributed by atoms with Crippen molar-refractivity contribution in [3.8, 4) is 5.75 Å². The average molecular weight is 374 g/mol. The molecule has 1 fully saturated rings. The molecule has 3 rings (SSSR count). The highest BCUT2D eigenvalue weighted by Crippen LogP contribution is 2.28. The topological polar surface area (TPSA) is 44.8 Å². The lowest BCUT2D eigenvalue weighted by Gasteiger charge is -2.36. The molecule has 0 saturated carbocycles. The highest BCUT2D eigenvalue weighted by Gasteiger charge is 2.21. The Morgan fingerprint density at radius 1 is 1.15 bits per heavy atom. The van der Waals surface area contributed by atoms with Gasteiger partial charge in [-0.2, -0.15) is 0 Å². The van der Waals surface area contributed by atoms with Crippen LogP contribution in [0.4, 0.5) is 5.69 Å². The number of hydrogen-bond acceptors (Lipinski definition) is 5. The van der Waals surface area contributed by atoms with Crippen LogP contribution in [0.5, 0.6) is 5.75 Å². The number of rotatable bonds is 8. The third kappa shape index (κ3) is 5.22. The molecule has 0 bridgehead atoms. The first kappa shape index (κ1) is 18.7. The summed E-state index contributed by atoms with van der Waals surface area (Å²) in [5.41, 5.74) is 1.15. The number of nitrogens with zero attached hydrogens (tertiary/aromatic N) is 2. The van der Waals surface area contributed by atoms with Crippen LogP contribution >= 0.6 is 11.3 Å². The van der Waals surface area contributed by atoms with Crippen LogP contribution in [0, 0.1) is 0 Å². The average Bonchev–Trinajstić information content (AvgIpc) is 3.17. The lowest BCUT2D eigenvalue weighted by molar-refractivity contribution is -0.122. The quantitative estimate of drug-likeness (QED) is 0.773. The maximum Gasteiger partial charge on any atom is 0.234 e. The number of para-hydroxylation sites is 2. The summed E-state index contributed by atoms with van der Waals surface area (Å²) in [6, 6.07) is 12.3. The molecule has 26 heavy (non-hydrogen) atoms. The molecule has 1 aliphatic heterocycles. The van der Waals surface area contributed by atoms with Gasteiger partial charge in [0, 0.05) is 37.6 Å². The predicted molar refractivity (Wildman–Crippen MR) is 107 cm³/mol. The molecule has 5 nitrogen and oxygen atoms in total. The number of thiophene rings is 1. The van der Waals surface area contributed by atoms with Crippen molar-refractivity contribution in [3.05, 3.63) is 46.7 Å². The zero-order chi connectivity index (χ0) is 18.2. The van der Waals surface area contributed by atoms with Gasteiger partial charge < -0.3 is 15.0 Å². The second kappa shape index (κ2) is 9.59. The molecule has 0 spiro atoms. The van der Waals surface area contributed by atoms with E-state index in [1.807, 2.05) is 31.2 Å². The summed E-state index contributed by atoms with van der Waals surface area (Å²) in [4.78, 5) is 18.0. The van der Waals surface area contributed by atoms with E-state index in [-0.39, 0.29) is 5.91 Å². The minimum atomic E-state index is 0.115. The molecule has 140 valence electrons. The van der Waals surface area contributed by atoms with E-state index in [4.69, 9.17) is 4.74 Å². The Morgan fingerprint density at radius 3 is 2.69 bits per heavy atom. The summed E-state index contributed by atoms with van der Waals surface area (Å²) in [5, 5.41) is 5.10. The van der Waals surface area contributed by atoms with Gasteiger partial charge in [0.25, 0.3) is 0 Å². The molecule has 2 heterocycles. The van der Waals surface area contributed by atoms with Crippen LogP contribution in [0.15, 0.2) is 41.8 Å². The van der Waals surface area contributed by atoms with E-state index in [2.05, 4.69) is 32.6 Å². The first-order valence-electron chi connectivity index (χ1n) is 9.24. The third-order valence-electron chi connectivity index (χ3n) is 4.52. The summed E-state index contributed by atoms with van der Waals surface area (Å²) in [6.07, 6.45) is 0.908. The summed E-state index contributed by atoms with van der Waals surface area (Å²) < 4.78 is 5.74. The number of nitrogens with one attached hydrogen (secondary N) is 1. The smallest absolute Gasteiger partial charge is 0.234 e. The summed E-state index contributed by atoms with van der Waals surface area (Å²) in [5.74, 6) is 1.06. The number of piperazine rings is 1. The predicted octanol–water partition coefficient (Wildman–Crippen LogP) is 2.63. The van der Waals surface area contributed by atoms with Gasteiger partial charge in [-0.1, -0.05) is 18.2 Å². The minimum absolute atomic E-state index is 0.115. The lowest BCUT2D eigenvalue weighted by Crippen LogP contribution is -2.49. The molecule has 0 radical (unpaired) electrons. The van der Waals surface area contributed by atoms with Gasteiger partial charge in [0.2, 0.25) is 5.91 Å². The molecule has 6 heteroatoms. The molecule has 2 aromatic rings. The molecule has 1 aromatic carbocycles. The molecule has 1 aromatic heterocycles. The second-order valence-electron chi connectivity index (χ2n) is 6.34. The maximum absolute atomic E-state index is 12.1. The normalized spacial score (nSPS) is 15.0. The van der Waals surface area contributed by atoms with Crippen molar-refractivity contribution in [3.63, 3.8) is 0 Å². The molecular weight excluding hydrogens is 346 g/mol. The van der Waals surface area contributed by atoms with E-state index in [9.17, 15) is 4.79 Å². The fourth-order valence-electron chi connectivity index (χ4n) is 3.18. The van der Waals surface area contributed by atoms with Crippen molar-refractivity contribution >= 4 is 22.9 Å². The van der Waals surface area contributed by atoms with Crippen LogP contribution in [-0.4, -0.2) is 56.7 Å². The zero-order valence-corrected chi connectivity index (χ0v) is 16.1. The van der Waals surface area contributed by atoms with E-state index in [0.717, 1.165) is 44.0 Å². The third-order valence-corrected chi connectivity index (χ3v) is 5.46. The van der Waals surface area contributed by atoms with Crippen LogP contribution in [0.1, 0.15) is 11.8 Å². The Morgan fingerprint density at radius 2 is 1.96 bits per heavy atom. The molecule has 1 amide bonds. The highest BCUT2D eigenvalue weighted by atomic mass is 32.1. The molecular formula is C20H27N3O2S. The van der Waals surface area contributed by atoms with E-state index in [0.29, 0.717) is 19.7 Å². The monoisotopic (exact) mass is 373 g/mol. The number of hydrogen-bond donors (Lipinski definition) is 1. The maximum atomic E-state index is 12.1. The van der Waals surface area contributed by atoms with Gasteiger partial charge >= 0.3 is 0 Å². The SMILES string of the molecule is CCOc1ccccc1N1CCN(CC(=O)NCCc2cccs2)CC1. The first-order valence-corrected chi connectivity index (χ1v) is 10.1. The second-order valence-corrected chi connectivity index (χ2v) is 7.38. The van der Waals surface area contributed by atoms with Crippen LogP contribution in [-0.2, 0) is 11.2 Å². The van der Waals surface area contributed by atoms with Gasteiger partial charge in [-0.15, -0.1) is 11.3 Å².